The van der Waals surface area contributed by atoms with E-state index in [1.807, 2.05) is 0 Å². The van der Waals surface area contributed by atoms with Crippen LogP contribution >= 0.6 is 8.25 Å². The van der Waals surface area contributed by atoms with Crippen LogP contribution in [0.2, 0.25) is 0 Å². The molecule has 0 aromatic heterocycles. The minimum absolute atomic E-state index is 0.0492. The number of ether oxygens (including phenoxy) is 3. The van der Waals surface area contributed by atoms with Crippen LogP contribution in [-0.2, 0) is 27.8 Å². The van der Waals surface area contributed by atoms with Crippen LogP contribution in [0.15, 0.2) is 0 Å². The van der Waals surface area contributed by atoms with Crippen LogP contribution < -0.4 is 0 Å². The van der Waals surface area contributed by atoms with Gasteiger partial charge < -0.3 is 19.3 Å². The van der Waals surface area contributed by atoms with E-state index in [0.717, 1.165) is 6.42 Å². The van der Waals surface area contributed by atoms with E-state index in [-0.39, 0.29) is 25.4 Å². The average molecular weight is 305 g/mol. The van der Waals surface area contributed by atoms with Gasteiger partial charge in [-0.1, -0.05) is 0 Å². The molecule has 2 heterocycles. The van der Waals surface area contributed by atoms with Gasteiger partial charge in [-0.15, -0.1) is 9.05 Å². The summed E-state index contributed by atoms with van der Waals surface area (Å²) in [6.07, 6.45) is -0.218. The van der Waals surface area contributed by atoms with Gasteiger partial charge in [0, 0.05) is 24.3 Å². The summed E-state index contributed by atoms with van der Waals surface area (Å²) in [4.78, 5) is 0. The summed E-state index contributed by atoms with van der Waals surface area (Å²) in [5, 5.41) is 9.10. The fourth-order valence-corrected chi connectivity index (χ4v) is 3.12. The summed E-state index contributed by atoms with van der Waals surface area (Å²) in [6, 6.07) is -0.517. The van der Waals surface area contributed by atoms with Crippen LogP contribution in [0.4, 0.5) is 0 Å². The Labute approximate surface area is 120 Å². The molecule has 6 atom stereocenters. The number of rotatable bonds is 7. The van der Waals surface area contributed by atoms with Crippen LogP contribution in [0.3, 0.4) is 0 Å². The quantitative estimate of drug-likeness (QED) is 0.528. The van der Waals surface area contributed by atoms with E-state index in [9.17, 15) is 4.57 Å². The second-order valence-corrected chi connectivity index (χ2v) is 5.68. The molecule has 0 saturated carbocycles. The molecule has 0 aliphatic carbocycles. The predicted molar refractivity (Wildman–Crippen MR) is 69.7 cm³/mol. The van der Waals surface area contributed by atoms with Crippen molar-refractivity contribution in [3.05, 3.63) is 0 Å². The zero-order valence-electron chi connectivity index (χ0n) is 11.3. The standard InChI is InChI=1S/C11H19BO7P/c1-15-7-2-3-16-10(7)6-17-20(14)19-8-4-11(12)18-9(8)5-13/h7-11,13H,2-6H2,1H3/q+1/t7?,8?,9-,10-,11-/m1/s1. The van der Waals surface area contributed by atoms with Gasteiger partial charge in [0.25, 0.3) is 0 Å². The van der Waals surface area contributed by atoms with Crippen molar-refractivity contribution in [2.24, 2.45) is 0 Å². The van der Waals surface area contributed by atoms with Gasteiger partial charge in [-0.25, -0.2) is 0 Å². The summed E-state index contributed by atoms with van der Waals surface area (Å²) < 4.78 is 38.0. The summed E-state index contributed by atoms with van der Waals surface area (Å²) in [5.41, 5.74) is 0. The van der Waals surface area contributed by atoms with E-state index in [4.69, 9.17) is 36.2 Å². The van der Waals surface area contributed by atoms with Crippen LogP contribution in [0.5, 0.6) is 0 Å². The highest BCUT2D eigenvalue weighted by molar-refractivity contribution is 7.33. The number of aliphatic hydroxyl groups is 1. The van der Waals surface area contributed by atoms with Gasteiger partial charge in [-0.3, -0.25) is 0 Å². The lowest BCUT2D eigenvalue weighted by atomic mass is 9.96. The fourth-order valence-electron chi connectivity index (χ4n) is 2.35. The maximum atomic E-state index is 11.7. The Morgan fingerprint density at radius 2 is 2.20 bits per heavy atom. The summed E-state index contributed by atoms with van der Waals surface area (Å²) in [6.45, 7) is 0.498. The van der Waals surface area contributed by atoms with Gasteiger partial charge in [-0.2, -0.15) is 0 Å². The molecule has 9 heteroatoms. The second-order valence-electron chi connectivity index (χ2n) is 4.77. The van der Waals surface area contributed by atoms with Crippen LogP contribution in [0.1, 0.15) is 12.8 Å². The smallest absolute Gasteiger partial charge is 0.394 e. The van der Waals surface area contributed by atoms with Crippen LogP contribution in [0.25, 0.3) is 0 Å². The predicted octanol–water partition coefficient (Wildman–Crippen LogP) is 0.125. The van der Waals surface area contributed by atoms with Crippen molar-refractivity contribution < 1.29 is 32.9 Å². The molecule has 2 saturated heterocycles. The molecule has 0 spiro atoms. The Bertz CT molecular complexity index is 332. The van der Waals surface area contributed by atoms with Crippen molar-refractivity contribution in [1.82, 2.24) is 0 Å². The lowest BCUT2D eigenvalue weighted by Gasteiger charge is -2.14. The first-order valence-corrected chi connectivity index (χ1v) is 7.66. The molecule has 2 aliphatic heterocycles. The largest absolute Gasteiger partial charge is 0.697 e. The molecule has 3 unspecified atom stereocenters. The molecule has 2 rings (SSSR count). The normalized spacial score (nSPS) is 38.3. The molecule has 0 aromatic rings. The van der Waals surface area contributed by atoms with Gasteiger partial charge >= 0.3 is 8.25 Å². The molecule has 2 radical (unpaired) electrons. The van der Waals surface area contributed by atoms with E-state index in [0.29, 0.717) is 13.0 Å². The van der Waals surface area contributed by atoms with Crippen molar-refractivity contribution in [2.45, 2.75) is 43.3 Å². The van der Waals surface area contributed by atoms with Gasteiger partial charge in [0.2, 0.25) is 0 Å². The molecule has 2 fully saturated rings. The Hall–Kier alpha value is -0.0751. The van der Waals surface area contributed by atoms with Crippen molar-refractivity contribution >= 4 is 16.1 Å². The lowest BCUT2D eigenvalue weighted by molar-refractivity contribution is -0.0182. The Balaban J connectivity index is 1.72. The van der Waals surface area contributed by atoms with E-state index in [1.54, 1.807) is 7.11 Å². The van der Waals surface area contributed by atoms with E-state index in [1.165, 1.54) is 0 Å². The Morgan fingerprint density at radius 1 is 1.40 bits per heavy atom. The monoisotopic (exact) mass is 305 g/mol. The lowest BCUT2D eigenvalue weighted by Crippen LogP contribution is -2.28. The molecular formula is C11H19BO7P+. The third-order valence-electron chi connectivity index (χ3n) is 3.43. The van der Waals surface area contributed by atoms with E-state index >= 15 is 0 Å². The topological polar surface area (TPSA) is 83.5 Å². The number of hydrogen-bond donors (Lipinski definition) is 1. The van der Waals surface area contributed by atoms with Crippen molar-refractivity contribution in [3.8, 4) is 0 Å². The molecular weight excluding hydrogens is 286 g/mol. The van der Waals surface area contributed by atoms with E-state index in [2.05, 4.69) is 0 Å². The van der Waals surface area contributed by atoms with Gasteiger partial charge in [0.15, 0.2) is 0 Å². The highest BCUT2D eigenvalue weighted by Crippen LogP contribution is 2.34. The maximum absolute atomic E-state index is 11.7. The van der Waals surface area contributed by atoms with E-state index < -0.39 is 26.5 Å². The van der Waals surface area contributed by atoms with Crippen LogP contribution in [-0.4, -0.2) is 70.3 Å². The Kier molecular flexibility index (Phi) is 6.35. The molecule has 7 nitrogen and oxygen atoms in total. The third kappa shape index (κ3) is 4.21. The average Bonchev–Trinajstić information content (AvgIpc) is 3.02. The summed E-state index contributed by atoms with van der Waals surface area (Å²) in [5.74, 6) is 0. The van der Waals surface area contributed by atoms with Crippen molar-refractivity contribution in [2.75, 3.05) is 26.9 Å². The zero-order valence-corrected chi connectivity index (χ0v) is 12.2. The molecule has 0 aromatic carbocycles. The highest BCUT2D eigenvalue weighted by atomic mass is 31.1. The molecule has 0 amide bonds. The summed E-state index contributed by atoms with van der Waals surface area (Å²) >= 11 is 0. The van der Waals surface area contributed by atoms with Crippen molar-refractivity contribution in [3.63, 3.8) is 0 Å². The number of methoxy groups -OCH3 is 1. The van der Waals surface area contributed by atoms with Gasteiger partial charge in [0.05, 0.1) is 12.7 Å². The molecule has 20 heavy (non-hydrogen) atoms. The maximum Gasteiger partial charge on any atom is 0.697 e. The number of aliphatic hydroxyl groups excluding tert-OH is 1. The fraction of sp³-hybridized carbons (Fsp3) is 1.00. The Morgan fingerprint density at radius 3 is 2.90 bits per heavy atom. The first-order valence-electron chi connectivity index (χ1n) is 6.57. The minimum Gasteiger partial charge on any atom is -0.394 e. The molecule has 0 bridgehead atoms. The van der Waals surface area contributed by atoms with Crippen LogP contribution in [0, 0.1) is 0 Å². The first kappa shape index (κ1) is 16.3. The van der Waals surface area contributed by atoms with Crippen molar-refractivity contribution in [1.29, 1.82) is 0 Å². The first-order chi connectivity index (χ1) is 9.63. The number of hydrogen-bond acceptors (Lipinski definition) is 7. The molecule has 1 N–H and O–H groups in total. The third-order valence-corrected chi connectivity index (χ3v) is 4.23. The minimum atomic E-state index is -2.32. The molecule has 2 aliphatic rings. The SMILES string of the molecule is [B][C@H]1CC(O[P+](=O)OC[C@H]2OCCC2OC)[C@@H](CO)O1. The van der Waals surface area contributed by atoms with Gasteiger partial charge in [-0.05, 0) is 12.8 Å². The highest BCUT2D eigenvalue weighted by Gasteiger charge is 2.41. The van der Waals surface area contributed by atoms with Gasteiger partial charge in [0.1, 0.15) is 32.8 Å². The summed E-state index contributed by atoms with van der Waals surface area (Å²) in [7, 11) is 4.88. The second kappa shape index (κ2) is 7.80. The molecule has 112 valence electrons. The zero-order chi connectivity index (χ0) is 14.5.